The van der Waals surface area contributed by atoms with E-state index in [2.05, 4.69) is 60.6 Å². The van der Waals surface area contributed by atoms with Crippen LogP contribution >= 0.6 is 0 Å². The van der Waals surface area contributed by atoms with Crippen LogP contribution in [0.25, 0.3) is 22.2 Å². The summed E-state index contributed by atoms with van der Waals surface area (Å²) in [5.74, 6) is 0.393. The molecule has 172 valence electrons. The third kappa shape index (κ3) is 3.67. The zero-order valence-corrected chi connectivity index (χ0v) is 19.6. The van der Waals surface area contributed by atoms with Crippen LogP contribution < -0.4 is 0 Å². The standard InChI is InChI=1S/C30H29N3O.H2/c1-20-8-6-7-11-24(20)23-16-26-25(12-13-28(26)31-18-23)22-14-15-33-29(17-22)27(19-32-33)30(34)21-9-4-2-3-5-10-21;/h6-8,11-12,14-19,21H,2-5,9-10,13H2,1H3;1H. The highest BCUT2D eigenvalue weighted by Gasteiger charge is 2.25. The predicted molar refractivity (Wildman–Crippen MR) is 138 cm³/mol. The number of ketones is 1. The Morgan fingerprint density at radius 3 is 2.62 bits per heavy atom. The van der Waals surface area contributed by atoms with Crippen LogP contribution in [0.1, 0.15) is 72.7 Å². The highest BCUT2D eigenvalue weighted by atomic mass is 16.1. The molecule has 4 nitrogen and oxygen atoms in total. The Bertz CT molecular complexity index is 1430. The number of rotatable bonds is 4. The van der Waals surface area contributed by atoms with Gasteiger partial charge in [-0.15, -0.1) is 0 Å². The Labute approximate surface area is 201 Å². The molecule has 0 N–H and O–H groups in total. The second-order valence-corrected chi connectivity index (χ2v) is 9.71. The van der Waals surface area contributed by atoms with Gasteiger partial charge in [-0.25, -0.2) is 4.52 Å². The summed E-state index contributed by atoms with van der Waals surface area (Å²) in [5.41, 5.74) is 9.86. The predicted octanol–water partition coefficient (Wildman–Crippen LogP) is 7.09. The summed E-state index contributed by atoms with van der Waals surface area (Å²) in [6, 6.07) is 14.9. The molecule has 0 radical (unpaired) electrons. The largest absolute Gasteiger partial charge is 0.294 e. The van der Waals surface area contributed by atoms with Gasteiger partial charge in [0.2, 0.25) is 0 Å². The Morgan fingerprint density at radius 2 is 1.79 bits per heavy atom. The van der Waals surface area contributed by atoms with Crippen LogP contribution in [0.15, 0.2) is 67.1 Å². The fraction of sp³-hybridized carbons (Fsp3) is 0.300. The molecule has 1 fully saturated rings. The first-order chi connectivity index (χ1) is 16.7. The number of carbonyl (C=O) groups excluding carboxylic acids is 1. The third-order valence-corrected chi connectivity index (χ3v) is 7.54. The van der Waals surface area contributed by atoms with Crippen molar-refractivity contribution in [2.75, 3.05) is 0 Å². The highest BCUT2D eigenvalue weighted by molar-refractivity contribution is 6.04. The van der Waals surface area contributed by atoms with E-state index in [4.69, 9.17) is 4.98 Å². The first-order valence-corrected chi connectivity index (χ1v) is 12.5. The molecule has 1 saturated carbocycles. The number of carbonyl (C=O) groups is 1. The van der Waals surface area contributed by atoms with Gasteiger partial charge in [0.05, 0.1) is 23.0 Å². The fourth-order valence-corrected chi connectivity index (χ4v) is 5.61. The van der Waals surface area contributed by atoms with Gasteiger partial charge < -0.3 is 0 Å². The number of fused-ring (bicyclic) bond motifs is 2. The number of benzene rings is 1. The Kier molecular flexibility index (Phi) is 5.37. The lowest BCUT2D eigenvalue weighted by molar-refractivity contribution is 0.0909. The lowest BCUT2D eigenvalue weighted by Gasteiger charge is -2.13. The van der Waals surface area contributed by atoms with Crippen LogP contribution in [-0.4, -0.2) is 20.4 Å². The molecule has 0 saturated heterocycles. The van der Waals surface area contributed by atoms with Gasteiger partial charge in [0.25, 0.3) is 0 Å². The number of pyridine rings is 2. The van der Waals surface area contributed by atoms with Gasteiger partial charge in [0.1, 0.15) is 0 Å². The lowest BCUT2D eigenvalue weighted by Crippen LogP contribution is -2.13. The number of aryl methyl sites for hydroxylation is 1. The van der Waals surface area contributed by atoms with E-state index in [-0.39, 0.29) is 13.1 Å². The van der Waals surface area contributed by atoms with Crippen molar-refractivity contribution in [1.82, 2.24) is 14.6 Å². The molecule has 4 aromatic rings. The first-order valence-electron chi connectivity index (χ1n) is 12.5. The van der Waals surface area contributed by atoms with Crippen LogP contribution in [0.4, 0.5) is 0 Å². The van der Waals surface area contributed by atoms with Crippen molar-refractivity contribution < 1.29 is 6.22 Å². The van der Waals surface area contributed by atoms with Crippen LogP contribution in [0, 0.1) is 12.8 Å². The average Bonchev–Trinajstić information content (AvgIpc) is 3.37. The third-order valence-electron chi connectivity index (χ3n) is 7.54. The Balaban J connectivity index is 0.00000253. The SMILES string of the molecule is Cc1ccccc1-c1cnc2c(c1)C(c1ccn3ncc(C(=O)C4CCCCCC4)c3c1)=CC2.[HH]. The molecule has 2 aliphatic rings. The van der Waals surface area contributed by atoms with Gasteiger partial charge in [0, 0.05) is 37.3 Å². The van der Waals surface area contributed by atoms with Crippen molar-refractivity contribution in [3.8, 4) is 11.1 Å². The molecule has 3 aromatic heterocycles. The molecule has 34 heavy (non-hydrogen) atoms. The van der Waals surface area contributed by atoms with Crippen molar-refractivity contribution >= 4 is 16.9 Å². The summed E-state index contributed by atoms with van der Waals surface area (Å²) in [4.78, 5) is 18.2. The maximum absolute atomic E-state index is 13.4. The van der Waals surface area contributed by atoms with Crippen LogP contribution in [-0.2, 0) is 6.42 Å². The van der Waals surface area contributed by atoms with Gasteiger partial charge in [0.15, 0.2) is 5.78 Å². The summed E-state index contributed by atoms with van der Waals surface area (Å²) in [7, 11) is 0. The number of aromatic nitrogens is 3. The second-order valence-electron chi connectivity index (χ2n) is 9.71. The smallest absolute Gasteiger partial charge is 0.169 e. The van der Waals surface area contributed by atoms with E-state index in [9.17, 15) is 4.79 Å². The van der Waals surface area contributed by atoms with Gasteiger partial charge in [-0.1, -0.05) is 56.0 Å². The average molecular weight is 450 g/mol. The molecular formula is C30H31N3O. The van der Waals surface area contributed by atoms with E-state index < -0.39 is 0 Å². The molecule has 4 heteroatoms. The topological polar surface area (TPSA) is 47.3 Å². The van der Waals surface area contributed by atoms with Gasteiger partial charge in [-0.05, 0) is 60.2 Å². The Hall–Kier alpha value is -3.53. The second kappa shape index (κ2) is 8.68. The maximum atomic E-state index is 13.4. The quantitative estimate of drug-likeness (QED) is 0.247. The van der Waals surface area contributed by atoms with E-state index in [1.54, 1.807) is 6.20 Å². The lowest BCUT2D eigenvalue weighted by atomic mass is 9.91. The monoisotopic (exact) mass is 449 g/mol. The van der Waals surface area contributed by atoms with Gasteiger partial charge in [-0.2, -0.15) is 5.10 Å². The van der Waals surface area contributed by atoms with Crippen LogP contribution in [0.2, 0.25) is 0 Å². The van der Waals surface area contributed by atoms with E-state index in [0.717, 1.165) is 60.0 Å². The van der Waals surface area contributed by atoms with Crippen molar-refractivity contribution in [3.05, 3.63) is 95.1 Å². The molecule has 3 heterocycles. The summed E-state index contributed by atoms with van der Waals surface area (Å²) < 4.78 is 1.84. The molecule has 0 spiro atoms. The van der Waals surface area contributed by atoms with Crippen molar-refractivity contribution in [3.63, 3.8) is 0 Å². The van der Waals surface area contributed by atoms with E-state index in [1.165, 1.54) is 35.1 Å². The summed E-state index contributed by atoms with van der Waals surface area (Å²) in [6.07, 6.45) is 15.6. The van der Waals surface area contributed by atoms with Gasteiger partial charge in [-0.3, -0.25) is 9.78 Å². The molecule has 0 bridgehead atoms. The first kappa shape index (κ1) is 21.0. The molecule has 0 amide bonds. The molecule has 6 rings (SSSR count). The normalized spacial score (nSPS) is 16.3. The number of allylic oxidation sites excluding steroid dienone is 1. The number of nitrogens with zero attached hydrogens (tertiary/aromatic N) is 3. The van der Waals surface area contributed by atoms with Crippen molar-refractivity contribution in [1.29, 1.82) is 0 Å². The van der Waals surface area contributed by atoms with Crippen molar-refractivity contribution in [2.24, 2.45) is 5.92 Å². The molecule has 0 aliphatic heterocycles. The van der Waals surface area contributed by atoms with Crippen molar-refractivity contribution in [2.45, 2.75) is 51.9 Å². The molecule has 1 aromatic carbocycles. The summed E-state index contributed by atoms with van der Waals surface area (Å²) in [6.45, 7) is 2.14. The minimum Gasteiger partial charge on any atom is -0.294 e. The number of hydrogen-bond acceptors (Lipinski definition) is 3. The van der Waals surface area contributed by atoms with Crippen LogP contribution in [0.5, 0.6) is 0 Å². The zero-order chi connectivity index (χ0) is 23.1. The highest BCUT2D eigenvalue weighted by Crippen LogP contribution is 2.36. The minimum atomic E-state index is 0. The number of hydrogen-bond donors (Lipinski definition) is 0. The fourth-order valence-electron chi connectivity index (χ4n) is 5.61. The number of Topliss-reactive ketones (excluding diaryl/α,β-unsaturated/α-hetero) is 1. The Morgan fingerprint density at radius 1 is 0.971 bits per heavy atom. The molecule has 0 unspecified atom stereocenters. The minimum absolute atomic E-state index is 0. The molecule has 2 aliphatic carbocycles. The van der Waals surface area contributed by atoms with E-state index >= 15 is 0 Å². The van der Waals surface area contributed by atoms with E-state index in [0.29, 0.717) is 0 Å². The molecule has 0 atom stereocenters. The summed E-state index contributed by atoms with van der Waals surface area (Å²) in [5, 5.41) is 4.50. The zero-order valence-electron chi connectivity index (χ0n) is 19.6. The van der Waals surface area contributed by atoms with Crippen LogP contribution in [0.3, 0.4) is 0 Å². The summed E-state index contributed by atoms with van der Waals surface area (Å²) >= 11 is 0. The van der Waals surface area contributed by atoms with Gasteiger partial charge >= 0.3 is 0 Å². The van der Waals surface area contributed by atoms with E-state index in [1.807, 2.05) is 16.9 Å². The molecular weight excluding hydrogens is 418 g/mol. The maximum Gasteiger partial charge on any atom is 0.169 e.